The number of pyridine rings is 2. The number of nitrogens with one attached hydrogen (secondary N) is 2. The molecule has 3 heterocycles. The van der Waals surface area contributed by atoms with E-state index in [1.54, 1.807) is 46.4 Å². The fourth-order valence-electron chi connectivity index (χ4n) is 4.14. The Morgan fingerprint density at radius 3 is 2.22 bits per heavy atom. The lowest BCUT2D eigenvalue weighted by atomic mass is 10.0. The highest BCUT2D eigenvalue weighted by atomic mass is 19.1. The molecular formula is C27H29FN4O4. The van der Waals surface area contributed by atoms with Gasteiger partial charge in [-0.1, -0.05) is 0 Å². The van der Waals surface area contributed by atoms with Crippen LogP contribution in [0.5, 0.6) is 11.5 Å². The number of ether oxygens (including phenoxy) is 1. The van der Waals surface area contributed by atoms with Gasteiger partial charge < -0.3 is 24.2 Å². The molecule has 188 valence electrons. The molecule has 0 fully saturated rings. The van der Waals surface area contributed by atoms with Crippen LogP contribution in [0.3, 0.4) is 0 Å². The van der Waals surface area contributed by atoms with E-state index in [9.17, 15) is 18.8 Å². The molecule has 3 aromatic heterocycles. The first-order valence-corrected chi connectivity index (χ1v) is 11.5. The summed E-state index contributed by atoms with van der Waals surface area (Å²) in [5.41, 5.74) is 1.54. The fraction of sp³-hybridized carbons (Fsp3) is 0.296. The van der Waals surface area contributed by atoms with Crippen LogP contribution in [0.25, 0.3) is 22.0 Å². The van der Waals surface area contributed by atoms with E-state index in [0.717, 1.165) is 0 Å². The predicted octanol–water partition coefficient (Wildman–Crippen LogP) is 4.31. The molecule has 0 bridgehead atoms. The van der Waals surface area contributed by atoms with Gasteiger partial charge in [-0.15, -0.1) is 0 Å². The molecule has 2 N–H and O–H groups in total. The van der Waals surface area contributed by atoms with Crippen molar-refractivity contribution < 1.29 is 13.9 Å². The second-order valence-electron chi connectivity index (χ2n) is 10.1. The summed E-state index contributed by atoms with van der Waals surface area (Å²) in [6, 6.07) is 5.77. The monoisotopic (exact) mass is 492 g/mol. The van der Waals surface area contributed by atoms with Gasteiger partial charge in [0, 0.05) is 48.4 Å². The van der Waals surface area contributed by atoms with E-state index in [-0.39, 0.29) is 34.1 Å². The molecular weight excluding hydrogens is 463 g/mol. The Balaban J connectivity index is 1.96. The van der Waals surface area contributed by atoms with E-state index < -0.39 is 5.54 Å². The number of aromatic nitrogens is 3. The highest BCUT2D eigenvalue weighted by Gasteiger charge is 2.22. The summed E-state index contributed by atoms with van der Waals surface area (Å²) in [5, 5.41) is 3.35. The van der Waals surface area contributed by atoms with Crippen molar-refractivity contribution in [2.75, 3.05) is 0 Å². The van der Waals surface area contributed by atoms with Gasteiger partial charge in [0.25, 0.3) is 17.0 Å². The first-order valence-electron chi connectivity index (χ1n) is 11.5. The molecule has 36 heavy (non-hydrogen) atoms. The molecule has 4 aromatic rings. The van der Waals surface area contributed by atoms with Gasteiger partial charge in [-0.3, -0.25) is 14.4 Å². The first kappa shape index (κ1) is 25.0. The molecule has 8 nitrogen and oxygen atoms in total. The van der Waals surface area contributed by atoms with Gasteiger partial charge in [-0.2, -0.15) is 0 Å². The minimum atomic E-state index is -0.473. The lowest BCUT2D eigenvalue weighted by Crippen LogP contribution is -2.40. The Kier molecular flexibility index (Phi) is 6.12. The second kappa shape index (κ2) is 8.82. The quantitative estimate of drug-likeness (QED) is 0.444. The predicted molar refractivity (Wildman–Crippen MR) is 137 cm³/mol. The number of nitrogens with zero attached hydrogens (tertiary/aromatic N) is 2. The molecule has 0 atom stereocenters. The number of hydrogen-bond acceptors (Lipinski definition) is 4. The van der Waals surface area contributed by atoms with Crippen molar-refractivity contribution in [2.45, 2.75) is 40.2 Å². The zero-order chi connectivity index (χ0) is 26.5. The number of carbonyl (C=O) groups excluding carboxylic acids is 1. The molecule has 0 aliphatic carbocycles. The minimum absolute atomic E-state index is 0.223. The number of rotatable bonds is 4. The Hall–Kier alpha value is -4.14. The van der Waals surface area contributed by atoms with Crippen molar-refractivity contribution >= 4 is 16.8 Å². The average molecular weight is 493 g/mol. The standard InChI is InChI=1S/C27H29FN4O4/c1-14-8-16(28)9-15(2)24(14)36-21-13-31(6)22(33)11-17(21)19-12-32(7)26(35)23-18(19)10-20(29-23)25(34)30-27(3,4)5/h8-13,29H,1-7H3,(H,30,34). The molecule has 0 aliphatic heterocycles. The van der Waals surface area contributed by atoms with Crippen molar-refractivity contribution in [3.63, 3.8) is 0 Å². The molecule has 0 saturated carbocycles. The molecule has 0 unspecified atom stereocenters. The van der Waals surface area contributed by atoms with E-state index in [0.29, 0.717) is 39.1 Å². The van der Waals surface area contributed by atoms with Crippen LogP contribution >= 0.6 is 0 Å². The van der Waals surface area contributed by atoms with Gasteiger partial charge in [-0.25, -0.2) is 4.39 Å². The number of benzene rings is 1. The van der Waals surface area contributed by atoms with Crippen molar-refractivity contribution in [1.82, 2.24) is 19.4 Å². The first-order chi connectivity index (χ1) is 16.7. The van der Waals surface area contributed by atoms with Crippen LogP contribution in [0.4, 0.5) is 4.39 Å². The molecule has 9 heteroatoms. The Bertz CT molecular complexity index is 1610. The zero-order valence-electron chi connectivity index (χ0n) is 21.4. The van der Waals surface area contributed by atoms with Crippen LogP contribution in [-0.4, -0.2) is 25.6 Å². The SMILES string of the molecule is Cc1cc(F)cc(C)c1Oc1cn(C)c(=O)cc1-c1cn(C)c(=O)c2[nH]c(C(=O)NC(C)(C)C)cc12. The topological polar surface area (TPSA) is 98.1 Å². The molecule has 4 rings (SSSR count). The van der Waals surface area contributed by atoms with Crippen LogP contribution in [-0.2, 0) is 14.1 Å². The Labute approximate surface area is 207 Å². The van der Waals surface area contributed by atoms with Gasteiger partial charge >= 0.3 is 0 Å². The number of aryl methyl sites for hydroxylation is 4. The summed E-state index contributed by atoms with van der Waals surface area (Å²) in [7, 11) is 3.20. The Morgan fingerprint density at radius 2 is 1.61 bits per heavy atom. The smallest absolute Gasteiger partial charge is 0.274 e. The summed E-state index contributed by atoms with van der Waals surface area (Å²) in [5.74, 6) is 0.0873. The van der Waals surface area contributed by atoms with Crippen molar-refractivity contribution in [3.8, 4) is 22.6 Å². The summed E-state index contributed by atoms with van der Waals surface area (Å²) >= 11 is 0. The molecule has 0 spiro atoms. The third kappa shape index (κ3) is 4.68. The van der Waals surface area contributed by atoms with E-state index in [1.807, 2.05) is 20.8 Å². The van der Waals surface area contributed by atoms with Gasteiger partial charge in [0.1, 0.15) is 22.8 Å². The van der Waals surface area contributed by atoms with Crippen LogP contribution in [0.2, 0.25) is 0 Å². The van der Waals surface area contributed by atoms with Gasteiger partial charge in [0.2, 0.25) is 0 Å². The maximum Gasteiger partial charge on any atom is 0.274 e. The normalized spacial score (nSPS) is 11.7. The molecule has 0 radical (unpaired) electrons. The number of halogens is 1. The number of amides is 1. The van der Waals surface area contributed by atoms with E-state index in [4.69, 9.17) is 4.74 Å². The maximum absolute atomic E-state index is 13.9. The molecule has 0 aliphatic rings. The largest absolute Gasteiger partial charge is 0.455 e. The highest BCUT2D eigenvalue weighted by Crippen LogP contribution is 2.38. The summed E-state index contributed by atoms with van der Waals surface area (Å²) in [4.78, 5) is 41.4. The number of aromatic amines is 1. The van der Waals surface area contributed by atoms with Crippen molar-refractivity contribution in [3.05, 3.63) is 80.0 Å². The van der Waals surface area contributed by atoms with Crippen LogP contribution in [0, 0.1) is 19.7 Å². The van der Waals surface area contributed by atoms with Gasteiger partial charge in [0.05, 0.1) is 6.20 Å². The maximum atomic E-state index is 13.9. The Morgan fingerprint density at radius 1 is 0.972 bits per heavy atom. The van der Waals surface area contributed by atoms with E-state index in [2.05, 4.69) is 10.3 Å². The van der Waals surface area contributed by atoms with E-state index >= 15 is 0 Å². The number of H-pyrrole nitrogens is 1. The molecule has 1 amide bonds. The van der Waals surface area contributed by atoms with Crippen LogP contribution in [0.1, 0.15) is 42.4 Å². The average Bonchev–Trinajstić information content (AvgIpc) is 3.20. The summed E-state index contributed by atoms with van der Waals surface area (Å²) in [6.45, 7) is 9.07. The summed E-state index contributed by atoms with van der Waals surface area (Å²) < 4.78 is 22.9. The fourth-order valence-corrected chi connectivity index (χ4v) is 4.14. The zero-order valence-corrected chi connectivity index (χ0v) is 21.4. The number of fused-ring (bicyclic) bond motifs is 1. The highest BCUT2D eigenvalue weighted by molar-refractivity contribution is 6.03. The molecule has 0 saturated heterocycles. The van der Waals surface area contributed by atoms with Crippen LogP contribution in [0.15, 0.2) is 46.2 Å². The van der Waals surface area contributed by atoms with Crippen molar-refractivity contribution in [1.29, 1.82) is 0 Å². The summed E-state index contributed by atoms with van der Waals surface area (Å²) in [6.07, 6.45) is 3.16. The third-order valence-corrected chi connectivity index (χ3v) is 5.82. The molecule has 1 aromatic carbocycles. The number of hydrogen-bond donors (Lipinski definition) is 2. The van der Waals surface area contributed by atoms with E-state index in [1.165, 1.54) is 27.3 Å². The number of carbonyl (C=O) groups is 1. The van der Waals surface area contributed by atoms with Crippen LogP contribution < -0.4 is 21.2 Å². The van der Waals surface area contributed by atoms with Crippen molar-refractivity contribution in [2.24, 2.45) is 14.1 Å². The minimum Gasteiger partial charge on any atom is -0.455 e. The van der Waals surface area contributed by atoms with Gasteiger partial charge in [-0.05, 0) is 63.9 Å². The second-order valence-corrected chi connectivity index (χ2v) is 10.1. The van der Waals surface area contributed by atoms with Gasteiger partial charge in [0.15, 0.2) is 5.75 Å². The lowest BCUT2D eigenvalue weighted by molar-refractivity contribution is 0.0915. The third-order valence-electron chi connectivity index (χ3n) is 5.82. The lowest BCUT2D eigenvalue weighted by Gasteiger charge is -2.19.